The first-order chi connectivity index (χ1) is 2.41. The summed E-state index contributed by atoms with van der Waals surface area (Å²) in [5.74, 6) is 0. The minimum absolute atomic E-state index is 0.500. The van der Waals surface area contributed by atoms with Crippen LogP contribution in [0.4, 0.5) is 13.5 Å². The molecule has 0 aliphatic heterocycles. The van der Waals surface area contributed by atoms with Gasteiger partial charge >= 0.3 is 7.56 Å². The summed E-state index contributed by atoms with van der Waals surface area (Å²) in [6.45, 7) is 1.33. The Morgan fingerprint density at radius 2 is 1.40 bits per heavy atom. The minimum atomic E-state index is 0.500. The molecular weight excluding hydrogens is 79.8 g/mol. The van der Waals surface area contributed by atoms with E-state index in [-0.39, 0.29) is 0 Å². The van der Waals surface area contributed by atoms with Crippen molar-refractivity contribution in [2.75, 3.05) is 0 Å². The molecule has 0 nitrogen and oxygen atoms in total. The Balaban J connectivity index is 0. The third-order valence-corrected chi connectivity index (χ3v) is 0. The number of rotatable bonds is 0. The van der Waals surface area contributed by atoms with Crippen LogP contribution in [0.15, 0.2) is 0 Å². The van der Waals surface area contributed by atoms with E-state index in [9.17, 15) is 4.32 Å². The van der Waals surface area contributed by atoms with Crippen molar-refractivity contribution in [3.05, 3.63) is 0 Å². The summed E-state index contributed by atoms with van der Waals surface area (Å²) < 4.78 is 26.2. The van der Waals surface area contributed by atoms with Crippen molar-refractivity contribution in [3.8, 4) is 0 Å². The molecule has 0 unspecified atom stereocenters. The molecule has 0 saturated carbocycles. The monoisotopic (exact) mass is 83.0 g/mol. The second-order valence-electron chi connectivity index (χ2n) is 0.218. The average Bonchev–Trinajstić information content (AvgIpc) is 1.46. The van der Waals surface area contributed by atoms with Crippen molar-refractivity contribution < 1.29 is 13.5 Å². The third-order valence-electron chi connectivity index (χ3n) is 0. The average molecular weight is 82.8 g/mol. The third kappa shape index (κ3) is 630. The molecule has 5 heavy (non-hydrogen) atoms. The van der Waals surface area contributed by atoms with Crippen LogP contribution in [0.5, 0.6) is 0 Å². The van der Waals surface area contributed by atoms with Gasteiger partial charge in [0.05, 0.1) is 0 Å². The molecule has 0 atom stereocenters. The highest BCUT2D eigenvalue weighted by Gasteiger charge is 1.52. The second-order valence-corrected chi connectivity index (χ2v) is 0.218. The van der Waals surface area contributed by atoms with Crippen molar-refractivity contribution in [2.45, 2.75) is 6.82 Å². The van der Waals surface area contributed by atoms with Crippen molar-refractivity contribution in [1.29, 1.82) is 0 Å². The van der Waals surface area contributed by atoms with Crippen molar-refractivity contribution >= 4 is 7.56 Å². The van der Waals surface area contributed by atoms with Crippen LogP contribution >= 0.6 is 0 Å². The molecule has 0 aromatic rings. The zero-order valence-corrected chi connectivity index (χ0v) is 2.71. The van der Waals surface area contributed by atoms with E-state index in [0.29, 0.717) is 7.56 Å². The van der Waals surface area contributed by atoms with Gasteiger partial charge in [-0.1, -0.05) is 6.82 Å². The predicted molar refractivity (Wildman–Crippen MR) is 14.9 cm³/mol. The highest BCUT2D eigenvalue weighted by atomic mass is 20.0. The highest BCUT2D eigenvalue weighted by molar-refractivity contribution is 6.23. The van der Waals surface area contributed by atoms with E-state index in [1.165, 1.54) is 6.82 Å². The summed E-state index contributed by atoms with van der Waals surface area (Å²) >= 11 is 0. The van der Waals surface area contributed by atoms with Gasteiger partial charge in [-0.05, 0) is 0 Å². The minimum Gasteiger partial charge on any atom is -0.343 e. The van der Waals surface area contributed by atoms with Gasteiger partial charge < -0.3 is 4.32 Å². The van der Waals surface area contributed by atoms with E-state index in [0.717, 1.165) is 0 Å². The molecule has 0 amide bonds. The molecule has 31 valence electrons. The van der Waals surface area contributed by atoms with Crippen LogP contribution < -0.4 is 0 Å². The van der Waals surface area contributed by atoms with Gasteiger partial charge in [-0.2, -0.15) is 0 Å². The fourth-order valence-electron chi connectivity index (χ4n) is 0. The molecule has 0 saturated heterocycles. The SMILES string of the molecule is C[B]F.FF. The molecule has 0 bridgehead atoms. The van der Waals surface area contributed by atoms with Crippen LogP contribution in [0.25, 0.3) is 0 Å². The van der Waals surface area contributed by atoms with Gasteiger partial charge in [0.1, 0.15) is 0 Å². The first kappa shape index (κ1) is 8.85. The number of hydrogen-bond donors (Lipinski definition) is 0. The Kier molecular flexibility index (Phi) is 76.1. The van der Waals surface area contributed by atoms with Gasteiger partial charge in [0, 0.05) is 9.15 Å². The first-order valence-corrected chi connectivity index (χ1v) is 0.938. The lowest BCUT2D eigenvalue weighted by Gasteiger charge is -1.38. The smallest absolute Gasteiger partial charge is 0.343 e. The van der Waals surface area contributed by atoms with Crippen LogP contribution in [0.2, 0.25) is 6.82 Å². The maximum atomic E-state index is 10.2. The molecule has 0 aromatic carbocycles. The Morgan fingerprint density at radius 3 is 1.40 bits per heavy atom. The molecule has 0 N–H and O–H groups in total. The molecule has 0 fully saturated rings. The van der Waals surface area contributed by atoms with Gasteiger partial charge in [0.25, 0.3) is 0 Å². The van der Waals surface area contributed by atoms with Gasteiger partial charge in [-0.15, -0.1) is 0 Å². The van der Waals surface area contributed by atoms with Crippen LogP contribution in [0.3, 0.4) is 0 Å². The normalized spacial score (nSPS) is 4.00. The van der Waals surface area contributed by atoms with Crippen molar-refractivity contribution in [2.24, 2.45) is 0 Å². The number of halogens is 3. The van der Waals surface area contributed by atoms with Crippen LogP contribution in [-0.2, 0) is 0 Å². The Bertz CT molecular complexity index is 6.85. The Hall–Kier alpha value is -0.145. The maximum absolute atomic E-state index is 10.2. The Labute approximate surface area is 29.1 Å². The van der Waals surface area contributed by atoms with Crippen LogP contribution in [0, 0.1) is 0 Å². The lowest BCUT2D eigenvalue weighted by Crippen LogP contribution is -1.49. The summed E-state index contributed by atoms with van der Waals surface area (Å²) in [6.07, 6.45) is 0. The fourth-order valence-corrected chi connectivity index (χ4v) is 0. The summed E-state index contributed by atoms with van der Waals surface area (Å²) in [5, 5.41) is 0. The summed E-state index contributed by atoms with van der Waals surface area (Å²) in [6, 6.07) is 0. The van der Waals surface area contributed by atoms with Crippen molar-refractivity contribution in [1.82, 2.24) is 0 Å². The van der Waals surface area contributed by atoms with E-state index < -0.39 is 0 Å². The highest BCUT2D eigenvalue weighted by Crippen LogP contribution is 1.43. The van der Waals surface area contributed by atoms with E-state index in [1.54, 1.807) is 0 Å². The van der Waals surface area contributed by atoms with Gasteiger partial charge in [0.2, 0.25) is 0 Å². The van der Waals surface area contributed by atoms with E-state index in [4.69, 9.17) is 9.15 Å². The molecule has 0 aromatic heterocycles. The summed E-state index contributed by atoms with van der Waals surface area (Å²) in [5.41, 5.74) is 0. The zero-order valence-electron chi connectivity index (χ0n) is 2.71. The lowest BCUT2D eigenvalue weighted by molar-refractivity contribution is 0.108. The van der Waals surface area contributed by atoms with E-state index in [1.807, 2.05) is 0 Å². The first-order valence-electron chi connectivity index (χ1n) is 0.938. The quantitative estimate of drug-likeness (QED) is 0.389. The van der Waals surface area contributed by atoms with Crippen LogP contribution in [0.1, 0.15) is 0 Å². The number of hydrogen-bond acceptors (Lipinski definition) is 0. The standard InChI is InChI=1S/CH3BF.F2/c1-2-3;1-2/h1H3;. The summed E-state index contributed by atoms with van der Waals surface area (Å²) in [7, 11) is 0.500. The molecule has 0 aliphatic carbocycles. The van der Waals surface area contributed by atoms with E-state index in [2.05, 4.69) is 0 Å². The summed E-state index contributed by atoms with van der Waals surface area (Å²) in [4.78, 5) is 0. The van der Waals surface area contributed by atoms with E-state index >= 15 is 0 Å². The lowest BCUT2D eigenvalue weighted by atomic mass is 10.2. The molecule has 4 heteroatoms. The van der Waals surface area contributed by atoms with Gasteiger partial charge in [-0.25, -0.2) is 0 Å². The maximum Gasteiger partial charge on any atom is 0.351 e. The Morgan fingerprint density at radius 1 is 1.40 bits per heavy atom. The molecule has 1 radical (unpaired) electrons. The topological polar surface area (TPSA) is 0 Å². The van der Waals surface area contributed by atoms with Crippen molar-refractivity contribution in [3.63, 3.8) is 0 Å². The fraction of sp³-hybridized carbons (Fsp3) is 1.00. The van der Waals surface area contributed by atoms with Gasteiger partial charge in [0.15, 0.2) is 0 Å². The molecule has 0 aliphatic rings. The molecule has 0 heterocycles. The largest absolute Gasteiger partial charge is 0.351 e. The molecular formula is CH3BF3. The van der Waals surface area contributed by atoms with Gasteiger partial charge in [-0.3, -0.25) is 0 Å². The second kappa shape index (κ2) is 43.0. The molecule has 0 rings (SSSR count). The predicted octanol–water partition coefficient (Wildman–Crippen LogP) is 1.46. The molecule has 0 spiro atoms. The van der Waals surface area contributed by atoms with Crippen LogP contribution in [-0.4, -0.2) is 7.56 Å². The zero-order chi connectivity index (χ0) is 4.71.